The lowest BCUT2D eigenvalue weighted by atomic mass is 10.1. The minimum absolute atomic E-state index is 1.05. The second-order valence-corrected chi connectivity index (χ2v) is 7.38. The quantitative estimate of drug-likeness (QED) is 0.798. The van der Waals surface area contributed by atoms with Gasteiger partial charge in [-0.1, -0.05) is 0 Å². The Labute approximate surface area is 136 Å². The topological polar surface area (TPSA) is 30.9 Å². The fourth-order valence-corrected chi connectivity index (χ4v) is 4.34. The van der Waals surface area contributed by atoms with Crippen molar-refractivity contribution >= 4 is 29.0 Å². The number of anilines is 1. The van der Waals surface area contributed by atoms with Gasteiger partial charge >= 0.3 is 0 Å². The Kier molecular flexibility index (Phi) is 3.62. The van der Waals surface area contributed by atoms with E-state index in [1.54, 1.807) is 0 Å². The Morgan fingerprint density at radius 2 is 2.00 bits per heavy atom. The van der Waals surface area contributed by atoms with Crippen molar-refractivity contribution in [2.75, 3.05) is 44.3 Å². The van der Waals surface area contributed by atoms with Crippen LogP contribution in [0.1, 0.15) is 12.5 Å². The fourth-order valence-electron chi connectivity index (χ4n) is 3.28. The lowest BCUT2D eigenvalue weighted by Gasteiger charge is -2.33. The number of rotatable bonds is 0. The van der Waals surface area contributed by atoms with Crippen molar-refractivity contribution in [3.05, 3.63) is 29.5 Å². The van der Waals surface area contributed by atoms with Gasteiger partial charge in [0, 0.05) is 42.5 Å². The Morgan fingerprint density at radius 3 is 2.82 bits per heavy atom. The minimum atomic E-state index is 1.05. The van der Waals surface area contributed by atoms with E-state index in [1.165, 1.54) is 27.6 Å². The van der Waals surface area contributed by atoms with Crippen molar-refractivity contribution in [2.24, 2.45) is 4.99 Å². The number of amidine groups is 1. The van der Waals surface area contributed by atoms with Gasteiger partial charge in [-0.15, -0.1) is 11.8 Å². The molecule has 0 radical (unpaired) electrons. The molecule has 0 unspecified atom stereocenters. The van der Waals surface area contributed by atoms with Crippen molar-refractivity contribution in [3.63, 3.8) is 0 Å². The summed E-state index contributed by atoms with van der Waals surface area (Å²) >= 11 is 1.95. The number of nitrogens with zero attached hydrogens (tertiary/aromatic N) is 3. The summed E-state index contributed by atoms with van der Waals surface area (Å²) in [4.78, 5) is 11.2. The van der Waals surface area contributed by atoms with Crippen molar-refractivity contribution in [1.82, 2.24) is 9.80 Å². The normalized spacial score (nSPS) is 21.5. The van der Waals surface area contributed by atoms with Crippen molar-refractivity contribution < 1.29 is 0 Å². The van der Waals surface area contributed by atoms with Gasteiger partial charge in [0.25, 0.3) is 0 Å². The van der Waals surface area contributed by atoms with Gasteiger partial charge in [-0.05, 0) is 44.2 Å². The molecular weight excluding hydrogens is 292 g/mol. The Hall–Kier alpha value is -1.46. The van der Waals surface area contributed by atoms with E-state index in [2.05, 4.69) is 47.3 Å². The maximum absolute atomic E-state index is 4.99. The zero-order valence-electron chi connectivity index (χ0n) is 13.2. The zero-order chi connectivity index (χ0) is 15.1. The molecule has 1 aromatic carbocycles. The first-order valence-corrected chi connectivity index (χ1v) is 8.95. The highest BCUT2D eigenvalue weighted by Gasteiger charge is 2.22. The number of fused-ring (bicyclic) bond motifs is 3. The van der Waals surface area contributed by atoms with Gasteiger partial charge in [0.1, 0.15) is 5.84 Å². The minimum Gasteiger partial charge on any atom is -0.357 e. The lowest BCUT2D eigenvalue weighted by molar-refractivity contribution is 0.216. The van der Waals surface area contributed by atoms with Crippen LogP contribution in [0.2, 0.25) is 0 Å². The molecule has 0 aliphatic carbocycles. The molecule has 1 N–H and O–H groups in total. The molecule has 0 aromatic heterocycles. The number of hydrogen-bond donors (Lipinski definition) is 1. The standard InChI is InChI=1S/C17H22N4S/c1-12-11-16(21-8-6-20(2)7-9-21)19-14-3-4-15-13(5-10-22-15)17(14)18-12/h3-4,11,18H,5-10H2,1-2H3. The summed E-state index contributed by atoms with van der Waals surface area (Å²) in [5, 5.41) is 3.60. The summed E-state index contributed by atoms with van der Waals surface area (Å²) in [7, 11) is 2.19. The van der Waals surface area contributed by atoms with Crippen LogP contribution in [-0.2, 0) is 6.42 Å². The molecule has 4 nitrogen and oxygen atoms in total. The van der Waals surface area contributed by atoms with E-state index in [1.807, 2.05) is 11.8 Å². The molecule has 0 bridgehead atoms. The number of thioether (sulfide) groups is 1. The summed E-state index contributed by atoms with van der Waals surface area (Å²) in [6.45, 7) is 6.45. The Bertz CT molecular complexity index is 657. The summed E-state index contributed by atoms with van der Waals surface area (Å²) in [6, 6.07) is 4.40. The number of nitrogens with one attached hydrogen (secondary N) is 1. The van der Waals surface area contributed by atoms with Gasteiger partial charge in [-0.2, -0.15) is 0 Å². The molecule has 5 heteroatoms. The molecule has 1 saturated heterocycles. The molecule has 3 heterocycles. The third-order valence-corrected chi connectivity index (χ3v) is 5.69. The average Bonchev–Trinajstić information content (AvgIpc) is 2.91. The number of piperazine rings is 1. The molecule has 0 saturated carbocycles. The zero-order valence-corrected chi connectivity index (χ0v) is 14.0. The van der Waals surface area contributed by atoms with Crippen LogP contribution in [0, 0.1) is 0 Å². The molecule has 3 aliphatic rings. The number of hydrogen-bond acceptors (Lipinski definition) is 5. The van der Waals surface area contributed by atoms with Crippen LogP contribution in [-0.4, -0.2) is 54.6 Å². The molecule has 1 fully saturated rings. The SMILES string of the molecule is CC1=CC(N2CCN(C)CC2)=Nc2ccc3c(c2N1)CCS3. The summed E-state index contributed by atoms with van der Waals surface area (Å²) in [5.74, 6) is 2.29. The third-order valence-electron chi connectivity index (χ3n) is 4.59. The first kappa shape index (κ1) is 14.2. The van der Waals surface area contributed by atoms with Crippen LogP contribution in [0.25, 0.3) is 0 Å². The Morgan fingerprint density at radius 1 is 1.18 bits per heavy atom. The average molecular weight is 314 g/mol. The predicted octanol–water partition coefficient (Wildman–Crippen LogP) is 2.94. The van der Waals surface area contributed by atoms with Crippen LogP contribution in [0.5, 0.6) is 0 Å². The van der Waals surface area contributed by atoms with E-state index in [-0.39, 0.29) is 0 Å². The van der Waals surface area contributed by atoms with E-state index in [4.69, 9.17) is 4.99 Å². The predicted molar refractivity (Wildman–Crippen MR) is 94.4 cm³/mol. The number of allylic oxidation sites excluding steroid dienone is 1. The van der Waals surface area contributed by atoms with Gasteiger partial charge in [0.05, 0.1) is 11.4 Å². The van der Waals surface area contributed by atoms with E-state index in [9.17, 15) is 0 Å². The summed E-state index contributed by atoms with van der Waals surface area (Å²) in [6.07, 6.45) is 3.34. The molecule has 1 aromatic rings. The highest BCUT2D eigenvalue weighted by atomic mass is 32.2. The monoisotopic (exact) mass is 314 g/mol. The molecular formula is C17H22N4S. The second-order valence-electron chi connectivity index (χ2n) is 6.25. The maximum atomic E-state index is 4.99. The van der Waals surface area contributed by atoms with Gasteiger partial charge in [0.2, 0.25) is 0 Å². The molecule has 22 heavy (non-hydrogen) atoms. The maximum Gasteiger partial charge on any atom is 0.131 e. The van der Waals surface area contributed by atoms with Crippen LogP contribution in [0.4, 0.5) is 11.4 Å². The molecule has 116 valence electrons. The van der Waals surface area contributed by atoms with Crippen LogP contribution in [0.3, 0.4) is 0 Å². The Balaban J connectivity index is 1.72. The molecule has 0 amide bonds. The third kappa shape index (κ3) is 2.52. The van der Waals surface area contributed by atoms with Crippen molar-refractivity contribution in [1.29, 1.82) is 0 Å². The first-order valence-electron chi connectivity index (χ1n) is 7.97. The highest BCUT2D eigenvalue weighted by Crippen LogP contribution is 2.42. The van der Waals surface area contributed by atoms with E-state index in [0.29, 0.717) is 0 Å². The number of benzene rings is 1. The first-order chi connectivity index (χ1) is 10.7. The van der Waals surface area contributed by atoms with Crippen LogP contribution in [0.15, 0.2) is 33.8 Å². The van der Waals surface area contributed by atoms with E-state index < -0.39 is 0 Å². The van der Waals surface area contributed by atoms with Crippen LogP contribution < -0.4 is 5.32 Å². The van der Waals surface area contributed by atoms with Gasteiger partial charge in [-0.25, -0.2) is 4.99 Å². The summed E-state index contributed by atoms with van der Waals surface area (Å²) < 4.78 is 0. The molecule has 0 spiro atoms. The van der Waals surface area contributed by atoms with Crippen molar-refractivity contribution in [2.45, 2.75) is 18.2 Å². The fraction of sp³-hybridized carbons (Fsp3) is 0.471. The van der Waals surface area contributed by atoms with E-state index in [0.717, 1.165) is 44.1 Å². The van der Waals surface area contributed by atoms with Crippen molar-refractivity contribution in [3.8, 4) is 0 Å². The molecule has 4 rings (SSSR count). The van der Waals surface area contributed by atoms with Gasteiger partial charge < -0.3 is 15.1 Å². The lowest BCUT2D eigenvalue weighted by Crippen LogP contribution is -2.46. The highest BCUT2D eigenvalue weighted by molar-refractivity contribution is 7.99. The second kappa shape index (κ2) is 5.63. The number of aliphatic imine (C=N–C) groups is 1. The van der Waals surface area contributed by atoms with E-state index >= 15 is 0 Å². The van der Waals surface area contributed by atoms with Gasteiger partial charge in [0.15, 0.2) is 0 Å². The molecule has 0 atom stereocenters. The number of likely N-dealkylation sites (N-methyl/N-ethyl adjacent to an activating group) is 1. The molecule has 3 aliphatic heterocycles. The van der Waals surface area contributed by atoms with Crippen LogP contribution >= 0.6 is 11.8 Å². The summed E-state index contributed by atoms with van der Waals surface area (Å²) in [5.41, 5.74) is 4.93. The largest absolute Gasteiger partial charge is 0.357 e. The van der Waals surface area contributed by atoms with Gasteiger partial charge in [-0.3, -0.25) is 0 Å². The smallest absolute Gasteiger partial charge is 0.131 e.